The molecular weight excluding hydrogens is 258 g/mol. The smallest absolute Gasteiger partial charge is 0.0498 e. The number of pyridine rings is 1. The van der Waals surface area contributed by atoms with Crippen molar-refractivity contribution in [3.8, 4) is 0 Å². The van der Waals surface area contributed by atoms with E-state index in [9.17, 15) is 0 Å². The predicted molar refractivity (Wildman–Crippen MR) is 62.5 cm³/mol. The van der Waals surface area contributed by atoms with E-state index in [1.54, 1.807) is 18.0 Å². The molecule has 0 radical (unpaired) electrons. The molecule has 0 saturated heterocycles. The van der Waals surface area contributed by atoms with Crippen molar-refractivity contribution in [3.63, 3.8) is 0 Å². The maximum atomic E-state index is 4.03. The van der Waals surface area contributed by atoms with E-state index in [4.69, 9.17) is 0 Å². The third-order valence-corrected chi connectivity index (χ3v) is 3.68. The van der Waals surface area contributed by atoms with Crippen LogP contribution in [0.1, 0.15) is 0 Å². The van der Waals surface area contributed by atoms with Gasteiger partial charge in [-0.3, -0.25) is 4.98 Å². The van der Waals surface area contributed by atoms with Crippen LogP contribution < -0.4 is 0 Å². The summed E-state index contributed by atoms with van der Waals surface area (Å²) in [7, 11) is 0. The molecule has 0 amide bonds. The standard InChI is InChI=1S/C11H8BrNS/c12-10-8-13-7-6-11(10)14-9-4-2-1-3-5-9/h1-8H. The maximum Gasteiger partial charge on any atom is 0.0498 e. The summed E-state index contributed by atoms with van der Waals surface area (Å²) in [6, 6.07) is 12.3. The molecule has 1 nitrogen and oxygen atoms in total. The van der Waals surface area contributed by atoms with Gasteiger partial charge in [0.25, 0.3) is 0 Å². The summed E-state index contributed by atoms with van der Waals surface area (Å²) < 4.78 is 1.04. The van der Waals surface area contributed by atoms with E-state index >= 15 is 0 Å². The molecule has 1 heterocycles. The molecule has 0 spiro atoms. The Morgan fingerprint density at radius 2 is 1.86 bits per heavy atom. The second-order valence-corrected chi connectivity index (χ2v) is 4.69. The lowest BCUT2D eigenvalue weighted by molar-refractivity contribution is 1.23. The third kappa shape index (κ3) is 2.36. The Labute approximate surface area is 95.7 Å². The van der Waals surface area contributed by atoms with Gasteiger partial charge in [-0.2, -0.15) is 0 Å². The Kier molecular flexibility index (Phi) is 3.22. The van der Waals surface area contributed by atoms with Gasteiger partial charge in [0, 0.05) is 26.7 Å². The van der Waals surface area contributed by atoms with Gasteiger partial charge in [0.1, 0.15) is 0 Å². The number of hydrogen-bond donors (Lipinski definition) is 0. The van der Waals surface area contributed by atoms with Crippen LogP contribution >= 0.6 is 27.7 Å². The zero-order chi connectivity index (χ0) is 9.80. The van der Waals surface area contributed by atoms with Crippen molar-refractivity contribution in [3.05, 3.63) is 53.3 Å². The largest absolute Gasteiger partial charge is 0.263 e. The molecule has 0 aliphatic rings. The van der Waals surface area contributed by atoms with Crippen LogP contribution in [-0.4, -0.2) is 4.98 Å². The molecule has 2 aromatic rings. The lowest BCUT2D eigenvalue weighted by Gasteiger charge is -2.02. The van der Waals surface area contributed by atoms with Crippen molar-refractivity contribution in [2.45, 2.75) is 9.79 Å². The summed E-state index contributed by atoms with van der Waals surface area (Å²) in [5.41, 5.74) is 0. The van der Waals surface area contributed by atoms with Crippen LogP contribution in [0.2, 0.25) is 0 Å². The van der Waals surface area contributed by atoms with Gasteiger partial charge in [-0.15, -0.1) is 0 Å². The molecule has 14 heavy (non-hydrogen) atoms. The summed E-state index contributed by atoms with van der Waals surface area (Å²) in [6.45, 7) is 0. The molecule has 0 aliphatic carbocycles. The zero-order valence-corrected chi connectivity index (χ0v) is 9.75. The fourth-order valence-electron chi connectivity index (χ4n) is 1.06. The summed E-state index contributed by atoms with van der Waals surface area (Å²) in [4.78, 5) is 6.45. The molecule has 0 aliphatic heterocycles. The minimum absolute atomic E-state index is 1.04. The monoisotopic (exact) mass is 265 g/mol. The normalized spacial score (nSPS) is 10.1. The van der Waals surface area contributed by atoms with Gasteiger partial charge < -0.3 is 0 Å². The van der Waals surface area contributed by atoms with Crippen LogP contribution in [0.5, 0.6) is 0 Å². The Balaban J connectivity index is 2.24. The van der Waals surface area contributed by atoms with Crippen LogP contribution in [0.15, 0.2) is 63.1 Å². The lowest BCUT2D eigenvalue weighted by atomic mass is 10.4. The Hall–Kier alpha value is -0.800. The highest BCUT2D eigenvalue weighted by molar-refractivity contribution is 9.10. The molecule has 70 valence electrons. The first-order valence-corrected chi connectivity index (χ1v) is 5.79. The molecule has 2 rings (SSSR count). The van der Waals surface area contributed by atoms with Gasteiger partial charge in [-0.25, -0.2) is 0 Å². The summed E-state index contributed by atoms with van der Waals surface area (Å²) >= 11 is 5.20. The zero-order valence-electron chi connectivity index (χ0n) is 7.35. The van der Waals surface area contributed by atoms with E-state index in [0.29, 0.717) is 0 Å². The van der Waals surface area contributed by atoms with E-state index in [-0.39, 0.29) is 0 Å². The topological polar surface area (TPSA) is 12.9 Å². The van der Waals surface area contributed by atoms with Gasteiger partial charge in [-0.1, -0.05) is 30.0 Å². The number of rotatable bonds is 2. The quantitative estimate of drug-likeness (QED) is 0.815. The minimum Gasteiger partial charge on any atom is -0.263 e. The molecule has 1 aromatic heterocycles. The molecule has 0 unspecified atom stereocenters. The van der Waals surface area contributed by atoms with E-state index in [1.807, 2.05) is 30.5 Å². The van der Waals surface area contributed by atoms with E-state index in [0.717, 1.165) is 4.47 Å². The van der Waals surface area contributed by atoms with Crippen molar-refractivity contribution in [1.29, 1.82) is 0 Å². The highest BCUT2D eigenvalue weighted by Crippen LogP contribution is 2.32. The SMILES string of the molecule is Brc1cnccc1Sc1ccccc1. The second-order valence-electron chi connectivity index (χ2n) is 2.72. The van der Waals surface area contributed by atoms with Crippen molar-refractivity contribution in [2.24, 2.45) is 0 Å². The average molecular weight is 266 g/mol. The highest BCUT2D eigenvalue weighted by atomic mass is 79.9. The number of hydrogen-bond acceptors (Lipinski definition) is 2. The van der Waals surface area contributed by atoms with Crippen LogP contribution in [0.4, 0.5) is 0 Å². The Bertz CT molecular complexity index is 417. The molecule has 0 atom stereocenters. The van der Waals surface area contributed by atoms with Crippen LogP contribution in [-0.2, 0) is 0 Å². The van der Waals surface area contributed by atoms with Crippen LogP contribution in [0.3, 0.4) is 0 Å². The van der Waals surface area contributed by atoms with Gasteiger partial charge >= 0.3 is 0 Å². The second kappa shape index (κ2) is 4.62. The van der Waals surface area contributed by atoms with Crippen LogP contribution in [0, 0.1) is 0 Å². The lowest BCUT2D eigenvalue weighted by Crippen LogP contribution is -1.77. The van der Waals surface area contributed by atoms with E-state index in [2.05, 4.69) is 33.0 Å². The van der Waals surface area contributed by atoms with Crippen molar-refractivity contribution in [1.82, 2.24) is 4.98 Å². The van der Waals surface area contributed by atoms with Gasteiger partial charge in [-0.05, 0) is 34.1 Å². The summed E-state index contributed by atoms with van der Waals surface area (Å²) in [6.07, 6.45) is 3.61. The first-order valence-electron chi connectivity index (χ1n) is 4.18. The van der Waals surface area contributed by atoms with Gasteiger partial charge in [0.15, 0.2) is 0 Å². The van der Waals surface area contributed by atoms with Crippen LogP contribution in [0.25, 0.3) is 0 Å². The van der Waals surface area contributed by atoms with Crippen molar-refractivity contribution in [2.75, 3.05) is 0 Å². The predicted octanol–water partition coefficient (Wildman–Crippen LogP) is 4.00. The minimum atomic E-state index is 1.04. The van der Waals surface area contributed by atoms with Crippen molar-refractivity contribution >= 4 is 27.7 Å². The fraction of sp³-hybridized carbons (Fsp3) is 0. The molecule has 3 heteroatoms. The number of aromatic nitrogens is 1. The van der Waals surface area contributed by atoms with E-state index in [1.165, 1.54) is 9.79 Å². The Morgan fingerprint density at radius 1 is 1.07 bits per heavy atom. The molecular formula is C11H8BrNS. The fourth-order valence-corrected chi connectivity index (χ4v) is 2.38. The number of nitrogens with zero attached hydrogens (tertiary/aromatic N) is 1. The maximum absolute atomic E-state index is 4.03. The molecule has 0 N–H and O–H groups in total. The summed E-state index contributed by atoms with van der Waals surface area (Å²) in [5.74, 6) is 0. The summed E-state index contributed by atoms with van der Waals surface area (Å²) in [5, 5.41) is 0. The first-order chi connectivity index (χ1) is 6.86. The van der Waals surface area contributed by atoms with E-state index < -0.39 is 0 Å². The molecule has 1 aromatic carbocycles. The number of halogens is 1. The Morgan fingerprint density at radius 3 is 2.57 bits per heavy atom. The molecule has 0 bridgehead atoms. The van der Waals surface area contributed by atoms with Gasteiger partial charge in [0.05, 0.1) is 0 Å². The number of benzene rings is 1. The van der Waals surface area contributed by atoms with Gasteiger partial charge in [0.2, 0.25) is 0 Å². The van der Waals surface area contributed by atoms with Crippen molar-refractivity contribution < 1.29 is 0 Å². The average Bonchev–Trinajstić information content (AvgIpc) is 2.23. The first kappa shape index (κ1) is 9.74. The molecule has 0 saturated carbocycles. The molecule has 0 fully saturated rings. The highest BCUT2D eigenvalue weighted by Gasteiger charge is 2.00. The third-order valence-electron chi connectivity index (χ3n) is 1.71.